The van der Waals surface area contributed by atoms with Crippen LogP contribution in [0.5, 0.6) is 0 Å². The maximum absolute atomic E-state index is 13.9. The summed E-state index contributed by atoms with van der Waals surface area (Å²) >= 11 is 0. The molecule has 4 saturated heterocycles. The molecule has 4 aliphatic heterocycles. The number of likely N-dealkylation sites (tertiary alicyclic amines) is 4. The van der Waals surface area contributed by atoms with Gasteiger partial charge in [-0.2, -0.15) is 0 Å². The maximum Gasteiger partial charge on any atom is 0.411 e. The number of aliphatic hydroxyl groups is 4. The van der Waals surface area contributed by atoms with Gasteiger partial charge in [-0.15, -0.1) is 0 Å². The standard InChI is InChI=1S/C26H53NO2.C25H39NO2.C21H43NO2.C15H27NO3.C13H23NO3.C13H25NO3.C11H21NO3/c1-6-9-11-13-15-17-19-21-23-27(25(28)29-26(4,5)8-3)24-22-20-18-16-14-12-10-7-2;1-23(2,3)28-22(27)26(24-10-16-4-17(11-24)6-18(5-16)12-24)25-13-19-7-20(14-25)9-21(8-19)15-25;1-6-8-10-12-14-16-18-22(20(23)24-21(3,4)5)19-17-15-13-11-9-7-2;1-15(2,12-6-4-3-5-7-12)19-14(18)16-10-8-13(17)9-11-16;1-2-13(7-3-4-8-13)17-12(16)14-9-5-11(15)6-10-14;1-4-13(5-2,6-3)17-12(16)14-9-7-11(15)8-10-14;1-4-11(2,3)15-10(14)12-7-5-9(13)6-8-12/h6-24H2,1-5H3;16-21H,4-15H2,1-3H3;6-19H2,1-5H3;12-13,17H,3-11H2,1-2H3;11,15H,2-10H2,1H3;11,15H,4-10H2,1-3H3;9,13H,4-8H2,1-3H3. The highest BCUT2D eigenvalue weighted by Crippen LogP contribution is 2.65. The maximum atomic E-state index is 13.9. The van der Waals surface area contributed by atoms with Crippen molar-refractivity contribution < 1.29 is 87.1 Å². The van der Waals surface area contributed by atoms with Crippen LogP contribution in [0.1, 0.15) is 557 Å². The molecule has 0 aromatic rings. The minimum absolute atomic E-state index is 0.0383. The molecule has 14 fully saturated rings. The number of rotatable bonds is 46. The first-order chi connectivity index (χ1) is 70.7. The van der Waals surface area contributed by atoms with Gasteiger partial charge in [0.1, 0.15) is 39.2 Å². The van der Waals surface area contributed by atoms with Gasteiger partial charge in [-0.25, -0.2) is 33.6 Å². The zero-order valence-corrected chi connectivity index (χ0v) is 100. The Kier molecular flexibility index (Phi) is 60.2. The number of amides is 7. The van der Waals surface area contributed by atoms with E-state index in [1.807, 2.05) is 99.8 Å². The number of aliphatic hydroxyl groups excluding tert-OH is 4. The molecule has 7 amide bonds. The highest BCUT2D eigenvalue weighted by atomic mass is 16.6. The molecular formula is C124H231N7O18. The second-order valence-corrected chi connectivity index (χ2v) is 51.9. The molecule has 14 rings (SSSR count). The summed E-state index contributed by atoms with van der Waals surface area (Å²) < 4.78 is 40.0. The monoisotopic (exact) mass is 2110 g/mol. The van der Waals surface area contributed by atoms with Crippen LogP contribution >= 0.6 is 0 Å². The Morgan fingerprint density at radius 2 is 0.550 bits per heavy atom. The predicted octanol–water partition coefficient (Wildman–Crippen LogP) is 31.6. The number of hydrogen-bond acceptors (Lipinski definition) is 18. The lowest BCUT2D eigenvalue weighted by Gasteiger charge is -2.68. The van der Waals surface area contributed by atoms with Gasteiger partial charge in [0.2, 0.25) is 0 Å². The average Bonchev–Trinajstić information content (AvgIpc) is 0.738. The van der Waals surface area contributed by atoms with Crippen molar-refractivity contribution >= 4 is 42.7 Å². The summed E-state index contributed by atoms with van der Waals surface area (Å²) in [4.78, 5) is 100. The molecule has 0 aromatic carbocycles. The normalized spacial score (nSPS) is 23.5. The zero-order valence-electron chi connectivity index (χ0n) is 100. The van der Waals surface area contributed by atoms with Gasteiger partial charge >= 0.3 is 42.7 Å². The predicted molar refractivity (Wildman–Crippen MR) is 605 cm³/mol. The molecule has 0 aromatic heterocycles. The summed E-state index contributed by atoms with van der Waals surface area (Å²) in [5, 5.41) is 37.6. The third-order valence-electron chi connectivity index (χ3n) is 35.5. The van der Waals surface area contributed by atoms with E-state index in [9.17, 15) is 54.0 Å². The number of piperidine rings is 4. The number of nitrogens with zero attached hydrogens (tertiary/aromatic N) is 7. The molecular weight excluding hydrogens is 1880 g/mol. The number of ether oxygens (including phenoxy) is 7. The summed E-state index contributed by atoms with van der Waals surface area (Å²) in [6, 6.07) is 0. The van der Waals surface area contributed by atoms with E-state index >= 15 is 0 Å². The van der Waals surface area contributed by atoms with Crippen LogP contribution in [-0.4, -0.2) is 251 Å². The van der Waals surface area contributed by atoms with Gasteiger partial charge in [-0.3, -0.25) is 4.90 Å². The van der Waals surface area contributed by atoms with Gasteiger partial charge < -0.3 is 83.0 Å². The SMILES string of the molecule is CC(C)(C)OC(=O)N(C12CC3CC(CC(C3)C1)C2)C12CC3CC(CC(C3)C1)C2.CC(C)(OC(=O)N1CCC(O)CC1)C1CCCCC1.CCC(C)(C)OC(=O)N1CCC(O)CC1.CCC(CC)(CC)OC(=O)N1CCC(O)CC1.CCC1(OC(=O)N2CCC(O)CC2)CCCC1.CCCCCCCCCCN(CCCCCCCCCC)C(=O)OC(C)(C)CC.CCCCCCCCN(CCCCCCCC)C(=O)OC(C)(C)C. The summed E-state index contributed by atoms with van der Waals surface area (Å²) in [5.41, 5.74) is -2.22. The van der Waals surface area contributed by atoms with E-state index in [1.165, 1.54) is 276 Å². The number of hydrogen-bond donors (Lipinski definition) is 4. The Hall–Kier alpha value is -5.27. The van der Waals surface area contributed by atoms with Crippen molar-refractivity contribution in [3.05, 3.63) is 0 Å². The third kappa shape index (κ3) is 48.8. The molecule has 4 N–H and O–H groups in total. The van der Waals surface area contributed by atoms with Crippen molar-refractivity contribution in [3.63, 3.8) is 0 Å². The van der Waals surface area contributed by atoms with E-state index in [0.717, 1.165) is 139 Å². The van der Waals surface area contributed by atoms with Crippen molar-refractivity contribution in [2.75, 3.05) is 78.5 Å². The molecule has 25 nitrogen and oxygen atoms in total. The third-order valence-corrected chi connectivity index (χ3v) is 35.5. The van der Waals surface area contributed by atoms with Crippen LogP contribution in [0.15, 0.2) is 0 Å². The lowest BCUT2D eigenvalue weighted by atomic mass is 9.48. The first-order valence-corrected chi connectivity index (χ1v) is 62.4. The highest BCUT2D eigenvalue weighted by molar-refractivity contribution is 5.72. The van der Waals surface area contributed by atoms with E-state index in [0.29, 0.717) is 110 Å². The molecule has 8 bridgehead atoms. The van der Waals surface area contributed by atoms with Crippen LogP contribution < -0.4 is 0 Å². The highest BCUT2D eigenvalue weighted by Gasteiger charge is 2.64. The Balaban J connectivity index is 0.000000269. The second kappa shape index (κ2) is 67.7. The van der Waals surface area contributed by atoms with E-state index in [2.05, 4.69) is 67.2 Å². The number of unbranched alkanes of at least 4 members (excludes halogenated alkanes) is 24. The van der Waals surface area contributed by atoms with Gasteiger partial charge in [-0.1, -0.05) is 243 Å². The largest absolute Gasteiger partial charge is 0.444 e. The van der Waals surface area contributed by atoms with Crippen LogP contribution in [0.3, 0.4) is 0 Å². The average molecular weight is 2110 g/mol. The molecule has 14 aliphatic rings. The molecule has 10 aliphatic carbocycles. The van der Waals surface area contributed by atoms with Crippen molar-refractivity contribution in [2.24, 2.45) is 41.4 Å². The van der Waals surface area contributed by atoms with Gasteiger partial charge in [0, 0.05) is 89.6 Å². The van der Waals surface area contributed by atoms with Crippen molar-refractivity contribution in [1.82, 2.24) is 34.3 Å². The fraction of sp³-hybridized carbons (Fsp3) is 0.944. The van der Waals surface area contributed by atoms with Crippen molar-refractivity contribution in [1.29, 1.82) is 0 Å². The summed E-state index contributed by atoms with van der Waals surface area (Å²) in [6.07, 6.45) is 70.8. The molecule has 4 heterocycles. The van der Waals surface area contributed by atoms with Crippen molar-refractivity contribution in [2.45, 2.75) is 632 Å². The fourth-order valence-electron chi connectivity index (χ4n) is 26.0. The zero-order chi connectivity index (χ0) is 110. The fourth-order valence-corrected chi connectivity index (χ4v) is 26.0. The van der Waals surface area contributed by atoms with E-state index in [1.54, 1.807) is 19.6 Å². The summed E-state index contributed by atoms with van der Waals surface area (Å²) in [5.74, 6) is 5.68. The van der Waals surface area contributed by atoms with Gasteiger partial charge in [-0.05, 0) is 356 Å². The first kappa shape index (κ1) is 132. The summed E-state index contributed by atoms with van der Waals surface area (Å²) in [6.45, 7) is 53.5. The van der Waals surface area contributed by atoms with E-state index in [4.69, 9.17) is 33.2 Å². The van der Waals surface area contributed by atoms with Gasteiger partial charge in [0.05, 0.1) is 24.4 Å². The minimum Gasteiger partial charge on any atom is -0.444 e. The van der Waals surface area contributed by atoms with Gasteiger partial charge in [0.15, 0.2) is 0 Å². The Morgan fingerprint density at radius 1 is 0.289 bits per heavy atom. The van der Waals surface area contributed by atoms with Crippen LogP contribution in [0.25, 0.3) is 0 Å². The Bertz CT molecular complexity index is 3450. The van der Waals surface area contributed by atoms with Gasteiger partial charge in [0.25, 0.3) is 0 Å². The van der Waals surface area contributed by atoms with E-state index < -0.39 is 16.8 Å². The van der Waals surface area contributed by atoms with Crippen LogP contribution in [-0.2, 0) is 33.2 Å². The van der Waals surface area contributed by atoms with Crippen LogP contribution in [0.2, 0.25) is 0 Å². The lowest BCUT2D eigenvalue weighted by Crippen LogP contribution is -2.72. The second-order valence-electron chi connectivity index (χ2n) is 51.9. The van der Waals surface area contributed by atoms with E-state index in [-0.39, 0.29) is 101 Å². The molecule has 0 radical (unpaired) electrons. The molecule has 10 saturated carbocycles. The Labute approximate surface area is 910 Å². The molecule has 0 unspecified atom stereocenters. The molecule has 0 atom stereocenters. The van der Waals surface area contributed by atoms with Crippen LogP contribution in [0.4, 0.5) is 33.6 Å². The number of carbonyl (C=O) groups is 7. The smallest absolute Gasteiger partial charge is 0.411 e. The minimum atomic E-state index is -0.405. The molecule has 149 heavy (non-hydrogen) atoms. The first-order valence-electron chi connectivity index (χ1n) is 62.4. The van der Waals surface area contributed by atoms with Crippen LogP contribution in [0, 0.1) is 41.4 Å². The molecule has 25 heteroatoms. The van der Waals surface area contributed by atoms with Crippen molar-refractivity contribution in [3.8, 4) is 0 Å². The molecule has 870 valence electrons. The number of carbonyl (C=O) groups excluding carboxylic acids is 7. The quantitative estimate of drug-likeness (QED) is 0.0325. The molecule has 0 spiro atoms. The topological polar surface area (TPSA) is 288 Å². The summed E-state index contributed by atoms with van der Waals surface area (Å²) in [7, 11) is 0. The Morgan fingerprint density at radius 3 is 0.832 bits per heavy atom. The lowest BCUT2D eigenvalue weighted by molar-refractivity contribution is -0.168.